The molecule has 13 aromatic carbocycles. The summed E-state index contributed by atoms with van der Waals surface area (Å²) in [5, 5.41) is 33.8. The van der Waals surface area contributed by atoms with Crippen molar-refractivity contribution < 1.29 is 66.8 Å². The van der Waals surface area contributed by atoms with Crippen LogP contribution in [0.3, 0.4) is 0 Å². The number of benzene rings is 13. The summed E-state index contributed by atoms with van der Waals surface area (Å²) in [6.45, 7) is 30.8. The van der Waals surface area contributed by atoms with Gasteiger partial charge < -0.3 is 48.6 Å². The number of para-hydroxylation sites is 4. The number of amides is 6. The van der Waals surface area contributed by atoms with Crippen molar-refractivity contribution in [2.45, 2.75) is 145 Å². The number of hydrogen-bond acceptors (Lipinski definition) is 14. The Kier molecular flexibility index (Phi) is 17.9. The summed E-state index contributed by atoms with van der Waals surface area (Å²) in [6.07, 6.45) is 0. The summed E-state index contributed by atoms with van der Waals surface area (Å²) in [4.78, 5) is 98.7. The summed E-state index contributed by atoms with van der Waals surface area (Å²) in [5.41, 5.74) is 7.25. The number of nitrogens with one attached hydrogen (secondary N) is 2. The molecule has 584 valence electrons. The zero-order chi connectivity index (χ0) is 82.0. The molecule has 0 bridgehead atoms. The summed E-state index contributed by atoms with van der Waals surface area (Å²) in [5.74, 6) is -4.25. The third-order valence-electron chi connectivity index (χ3n) is 22.9. The van der Waals surface area contributed by atoms with Crippen molar-refractivity contribution in [1.29, 1.82) is 0 Å². The van der Waals surface area contributed by atoms with E-state index < -0.39 is 60.7 Å². The maximum Gasteiger partial charge on any atom is 0.262 e. The quantitative estimate of drug-likeness (QED) is 0.0400. The molecule has 2 atom stereocenters. The summed E-state index contributed by atoms with van der Waals surface area (Å²) < 4.78 is 42.7. The van der Waals surface area contributed by atoms with E-state index in [0.717, 1.165) is 42.8 Å². The molecule has 18 heteroatoms. The molecule has 4 heterocycles. The van der Waals surface area contributed by atoms with Crippen molar-refractivity contribution in [3.63, 3.8) is 0 Å². The van der Waals surface area contributed by atoms with Gasteiger partial charge >= 0.3 is 0 Å². The standard InChI is InChI=1S/C98H88N4O14/c1-49-39-53(95(5,6)7)31-35-69(49)111-75-43-61-79-62(92(108)101(91(61)107)67(47-103)89(105)99-65-27-21-25-59-57-23-17-19-29-73(57)115-87(59)65)45-77(113-71-37-33-55(41-51(71)3)97(11,12)13)83-84-78(114-72-38-34-56(42-52(72)4)98(14,15)16)46-64-80-63(44-76(82(86(80)84)81(75)85(79)83)112-70-36-32-54(40-50(70)2)96(8,9)10)93(109)102(94(64)110)68(48-104)90(106)100-66-28-22-26-60-58-24-18-20-30-74(58)116-88(60)66/h17-46,67-68,103-104H,47-48H2,1-16H3,(H,99,105)(H,100,106). The third-order valence-corrected chi connectivity index (χ3v) is 22.9. The fourth-order valence-corrected chi connectivity index (χ4v) is 16.5. The van der Waals surface area contributed by atoms with Gasteiger partial charge in [0.05, 0.1) is 46.8 Å². The van der Waals surface area contributed by atoms with E-state index in [1.165, 1.54) is 24.3 Å². The molecular weight excluding hydrogens is 1460 g/mol. The molecule has 0 saturated heterocycles. The molecule has 2 aliphatic heterocycles. The summed E-state index contributed by atoms with van der Waals surface area (Å²) in [6, 6.07) is 51.0. The highest BCUT2D eigenvalue weighted by atomic mass is 16.5. The second kappa shape index (κ2) is 27.4. The van der Waals surface area contributed by atoms with Gasteiger partial charge in [-0.1, -0.05) is 192 Å². The van der Waals surface area contributed by atoms with Crippen molar-refractivity contribution in [1.82, 2.24) is 9.80 Å². The van der Waals surface area contributed by atoms with E-state index in [0.29, 0.717) is 78.4 Å². The lowest BCUT2D eigenvalue weighted by Gasteiger charge is -2.35. The molecular formula is C98H88N4O14. The lowest BCUT2D eigenvalue weighted by atomic mass is 9.80. The van der Waals surface area contributed by atoms with Crippen LogP contribution < -0.4 is 29.6 Å². The number of hydrogen-bond donors (Lipinski definition) is 4. The zero-order valence-electron chi connectivity index (χ0n) is 67.6. The predicted molar refractivity (Wildman–Crippen MR) is 455 cm³/mol. The van der Waals surface area contributed by atoms with E-state index >= 15 is 28.8 Å². The van der Waals surface area contributed by atoms with Crippen LogP contribution in [0.2, 0.25) is 0 Å². The van der Waals surface area contributed by atoms with Crippen molar-refractivity contribution >= 4 is 134 Å². The number of imide groups is 2. The molecule has 18 nitrogen and oxygen atoms in total. The molecule has 2 aliphatic rings. The van der Waals surface area contributed by atoms with Crippen LogP contribution in [0.25, 0.3) is 87.0 Å². The first kappa shape index (κ1) is 75.8. The number of carbonyl (C=O) groups excluding carboxylic acids is 6. The van der Waals surface area contributed by atoms with Gasteiger partial charge in [0.1, 0.15) is 69.2 Å². The molecule has 0 fully saturated rings. The van der Waals surface area contributed by atoms with E-state index in [-0.39, 0.29) is 121 Å². The fraction of sp³-hybridized carbons (Fsp3) is 0.245. The Bertz CT molecular complexity index is 6110. The van der Waals surface area contributed by atoms with E-state index in [1.54, 1.807) is 24.3 Å². The van der Waals surface area contributed by atoms with Gasteiger partial charge in [0, 0.05) is 64.6 Å². The van der Waals surface area contributed by atoms with Crippen LogP contribution in [0.5, 0.6) is 46.0 Å². The van der Waals surface area contributed by atoms with Gasteiger partial charge in [-0.05, 0) is 167 Å². The van der Waals surface area contributed by atoms with Gasteiger partial charge in [-0.2, -0.15) is 0 Å². The number of aliphatic hydroxyl groups excluding tert-OH is 2. The molecule has 17 rings (SSSR count). The normalized spacial score (nSPS) is 14.1. The molecule has 2 aromatic heterocycles. The van der Waals surface area contributed by atoms with Gasteiger partial charge in [-0.3, -0.25) is 38.6 Å². The number of aliphatic hydroxyl groups is 2. The third kappa shape index (κ3) is 12.5. The second-order valence-electron chi connectivity index (χ2n) is 34.9. The molecule has 2 unspecified atom stereocenters. The summed E-state index contributed by atoms with van der Waals surface area (Å²) >= 11 is 0. The second-order valence-corrected chi connectivity index (χ2v) is 34.9. The molecule has 116 heavy (non-hydrogen) atoms. The van der Waals surface area contributed by atoms with Crippen molar-refractivity contribution in [3.05, 3.63) is 249 Å². The Morgan fingerprint density at radius 1 is 0.336 bits per heavy atom. The minimum absolute atomic E-state index is 0.0112. The maximum atomic E-state index is 16.6. The average molecular weight is 1550 g/mol. The van der Waals surface area contributed by atoms with Crippen LogP contribution in [0, 0.1) is 27.7 Å². The Morgan fingerprint density at radius 2 is 0.603 bits per heavy atom. The highest BCUT2D eigenvalue weighted by Crippen LogP contribution is 2.59. The van der Waals surface area contributed by atoms with Crippen LogP contribution in [-0.2, 0) is 31.2 Å². The maximum absolute atomic E-state index is 16.6. The molecule has 0 saturated carbocycles. The van der Waals surface area contributed by atoms with Crippen molar-refractivity contribution in [2.24, 2.45) is 0 Å². The molecule has 0 spiro atoms. The van der Waals surface area contributed by atoms with Gasteiger partial charge in [0.2, 0.25) is 11.8 Å². The van der Waals surface area contributed by atoms with Crippen LogP contribution in [-0.4, -0.2) is 80.8 Å². The Balaban J connectivity index is 0.992. The van der Waals surface area contributed by atoms with Crippen LogP contribution in [0.15, 0.2) is 191 Å². The lowest BCUT2D eigenvalue weighted by Crippen LogP contribution is -2.54. The molecule has 6 amide bonds. The van der Waals surface area contributed by atoms with E-state index in [4.69, 9.17) is 27.8 Å². The van der Waals surface area contributed by atoms with E-state index in [1.807, 2.05) is 161 Å². The smallest absolute Gasteiger partial charge is 0.262 e. The number of aryl methyl sites for hydroxylation is 4. The first-order chi connectivity index (χ1) is 55.1. The molecule has 0 aliphatic carbocycles. The Morgan fingerprint density at radius 3 is 0.862 bits per heavy atom. The SMILES string of the molecule is Cc1cc(C(C)(C)C)ccc1Oc1cc2c3c(cc(Oc4ccc(C(C)(C)C)cc4C)c4c5c(Oc6ccc(C(C)(C)C)cc6C)cc6c7c(cc(Oc8ccc(C(C)(C)C)cc8C)c(c1c34)c75)C(=O)N(C(CO)C(=O)Nc1cccc3c1oc1ccccc13)C6=O)C(=O)N(C(CO)C(=O)Nc1cccc3c1oc1ccccc13)C2=O. The Labute approximate surface area is 669 Å². The number of anilines is 2. The van der Waals surface area contributed by atoms with Gasteiger partial charge in [-0.15, -0.1) is 0 Å². The number of furan rings is 2. The number of fused-ring (bicyclic) bond motifs is 8. The highest BCUT2D eigenvalue weighted by molar-refractivity contribution is 6.45. The van der Waals surface area contributed by atoms with Crippen molar-refractivity contribution in [2.75, 3.05) is 23.8 Å². The Hall–Kier alpha value is -12.9. The predicted octanol–water partition coefficient (Wildman–Crippen LogP) is 22.3. The van der Waals surface area contributed by atoms with Crippen LogP contribution >= 0.6 is 0 Å². The number of rotatable bonds is 16. The monoisotopic (exact) mass is 1540 g/mol. The number of ether oxygens (including phenoxy) is 4. The number of nitrogens with zero attached hydrogens (tertiary/aromatic N) is 2. The largest absolute Gasteiger partial charge is 0.456 e. The first-order valence-electron chi connectivity index (χ1n) is 39.0. The topological polar surface area (TPSA) is 237 Å². The van der Waals surface area contributed by atoms with E-state index in [2.05, 4.69) is 93.7 Å². The minimum Gasteiger partial charge on any atom is -0.456 e. The minimum atomic E-state index is -1.87. The summed E-state index contributed by atoms with van der Waals surface area (Å²) in [7, 11) is 0. The van der Waals surface area contributed by atoms with Gasteiger partial charge in [0.25, 0.3) is 23.6 Å². The van der Waals surface area contributed by atoms with Gasteiger partial charge in [-0.25, -0.2) is 0 Å². The van der Waals surface area contributed by atoms with Gasteiger partial charge in [0.15, 0.2) is 11.2 Å². The van der Waals surface area contributed by atoms with Crippen molar-refractivity contribution in [3.8, 4) is 46.0 Å². The molecule has 15 aromatic rings. The number of carbonyl (C=O) groups is 6. The molecule has 0 radical (unpaired) electrons. The van der Waals surface area contributed by atoms with E-state index in [9.17, 15) is 10.2 Å². The fourth-order valence-electron chi connectivity index (χ4n) is 16.5. The lowest BCUT2D eigenvalue weighted by molar-refractivity contribution is -0.121. The zero-order valence-corrected chi connectivity index (χ0v) is 67.6. The van der Waals surface area contributed by atoms with Crippen LogP contribution in [0.4, 0.5) is 11.4 Å². The highest BCUT2D eigenvalue weighted by Gasteiger charge is 2.47. The average Bonchev–Trinajstić information content (AvgIpc) is 1.33. The first-order valence-corrected chi connectivity index (χ1v) is 39.0. The van der Waals surface area contributed by atoms with Crippen LogP contribution in [0.1, 0.15) is 169 Å². The molecule has 4 N–H and O–H groups in total.